The Hall–Kier alpha value is -2.64. The second-order valence-electron chi connectivity index (χ2n) is 7.27. The number of hydrogen-bond acceptors (Lipinski definition) is 4. The highest BCUT2D eigenvalue weighted by atomic mass is 32.1. The van der Waals surface area contributed by atoms with E-state index in [4.69, 9.17) is 0 Å². The molecular weight excluding hydrogens is 388 g/mol. The molecule has 2 aromatic carbocycles. The first-order valence-electron chi connectivity index (χ1n) is 9.68. The van der Waals surface area contributed by atoms with Gasteiger partial charge in [-0.05, 0) is 31.2 Å². The van der Waals surface area contributed by atoms with E-state index >= 15 is 0 Å². The van der Waals surface area contributed by atoms with Crippen LogP contribution in [0.3, 0.4) is 0 Å². The number of carboxylic acid groups (broad SMARTS) is 1. The predicted octanol–water partition coefficient (Wildman–Crippen LogP) is 2.90. The molecule has 1 aliphatic heterocycles. The summed E-state index contributed by atoms with van der Waals surface area (Å²) < 4.78 is -0.712. The second kappa shape index (κ2) is 9.24. The van der Waals surface area contributed by atoms with Crippen molar-refractivity contribution in [1.29, 1.82) is 0 Å². The molecule has 0 spiro atoms. The van der Waals surface area contributed by atoms with Crippen molar-refractivity contribution in [1.82, 2.24) is 10.0 Å². The van der Waals surface area contributed by atoms with Gasteiger partial charge in [0.15, 0.2) is 5.69 Å². The van der Waals surface area contributed by atoms with Crippen molar-refractivity contribution in [2.75, 3.05) is 6.54 Å². The number of amides is 2. The molecule has 7 heteroatoms. The standard InChI is InChI=1S/C22H24N2O4S/c25-20-13-7-5-11-17-10-4-6-12-18(17)24(20,15-21(26)27)23-22(28)19(29)14-16-8-2-1-3-9-16/h1-4,6,8-10,12,19H,5,7,11,13-15H2,(H2-,23,26,27,28,29)/p+1. The first-order valence-corrected chi connectivity index (χ1v) is 10.2. The third kappa shape index (κ3) is 4.86. The molecule has 0 fully saturated rings. The SMILES string of the molecule is O=C(O)C[N+]1(NC(=O)C(S)Cc2ccccc2)C(=O)CCCCc2ccccc21. The van der Waals surface area contributed by atoms with E-state index in [2.05, 4.69) is 18.1 Å². The zero-order valence-electron chi connectivity index (χ0n) is 16.1. The van der Waals surface area contributed by atoms with Gasteiger partial charge in [-0.15, -0.1) is 4.59 Å². The molecule has 0 bridgehead atoms. The van der Waals surface area contributed by atoms with E-state index in [9.17, 15) is 19.5 Å². The molecule has 2 atom stereocenters. The summed E-state index contributed by atoms with van der Waals surface area (Å²) in [6.07, 6.45) is 2.80. The number of para-hydroxylation sites is 1. The molecule has 3 rings (SSSR count). The van der Waals surface area contributed by atoms with Crippen LogP contribution in [-0.4, -0.2) is 34.7 Å². The molecule has 2 amide bonds. The number of hydrogen-bond donors (Lipinski definition) is 3. The minimum atomic E-state index is -1.16. The van der Waals surface area contributed by atoms with Crippen LogP contribution in [0.2, 0.25) is 0 Å². The number of aliphatic carboxylic acids is 1. The van der Waals surface area contributed by atoms with Gasteiger partial charge in [0.2, 0.25) is 6.54 Å². The van der Waals surface area contributed by atoms with Gasteiger partial charge in [0.05, 0.1) is 11.7 Å². The van der Waals surface area contributed by atoms with Crippen LogP contribution in [0.4, 0.5) is 5.69 Å². The number of thiol groups is 1. The number of nitrogens with zero attached hydrogens (tertiary/aromatic N) is 1. The zero-order valence-corrected chi connectivity index (χ0v) is 17.0. The predicted molar refractivity (Wildman–Crippen MR) is 114 cm³/mol. The Morgan fingerprint density at radius 3 is 2.41 bits per heavy atom. The Labute approximate surface area is 175 Å². The quantitative estimate of drug-likeness (QED) is 0.502. The second-order valence-corrected chi connectivity index (χ2v) is 7.90. The van der Waals surface area contributed by atoms with E-state index in [0.717, 1.165) is 24.0 Å². The van der Waals surface area contributed by atoms with Crippen LogP contribution in [-0.2, 0) is 27.2 Å². The molecule has 2 unspecified atom stereocenters. The number of carbonyl (C=O) groups excluding carboxylic acids is 2. The molecule has 1 aliphatic rings. The summed E-state index contributed by atoms with van der Waals surface area (Å²) in [6, 6.07) is 16.7. The number of rotatable bonds is 6. The van der Waals surface area contributed by atoms with E-state index in [-0.39, 0.29) is 12.3 Å². The van der Waals surface area contributed by atoms with Crippen molar-refractivity contribution in [2.24, 2.45) is 0 Å². The molecule has 0 aromatic heterocycles. The Kier molecular flexibility index (Phi) is 6.71. The third-order valence-corrected chi connectivity index (χ3v) is 5.58. The van der Waals surface area contributed by atoms with Gasteiger partial charge in [0, 0.05) is 11.6 Å². The van der Waals surface area contributed by atoms with Gasteiger partial charge in [-0.25, -0.2) is 9.59 Å². The zero-order chi connectivity index (χ0) is 20.9. The molecule has 6 nitrogen and oxygen atoms in total. The average Bonchev–Trinajstić information content (AvgIpc) is 2.70. The van der Waals surface area contributed by atoms with Gasteiger partial charge in [0.1, 0.15) is 0 Å². The lowest BCUT2D eigenvalue weighted by Gasteiger charge is -2.36. The van der Waals surface area contributed by atoms with E-state index < -0.39 is 28.3 Å². The van der Waals surface area contributed by atoms with Crippen LogP contribution < -0.4 is 10.0 Å². The van der Waals surface area contributed by atoms with E-state index in [0.29, 0.717) is 18.5 Å². The van der Waals surface area contributed by atoms with Crippen molar-refractivity contribution in [3.8, 4) is 0 Å². The van der Waals surface area contributed by atoms with Crippen molar-refractivity contribution in [3.63, 3.8) is 0 Å². The summed E-state index contributed by atoms with van der Waals surface area (Å²) in [5, 5.41) is 8.87. The number of benzene rings is 2. The number of fused-ring (bicyclic) bond motifs is 1. The lowest BCUT2D eigenvalue weighted by atomic mass is 10.00. The van der Waals surface area contributed by atoms with E-state index in [1.54, 1.807) is 12.1 Å². The molecular formula is C22H25N2O4S+. The van der Waals surface area contributed by atoms with E-state index in [1.165, 1.54) is 0 Å². The highest BCUT2D eigenvalue weighted by molar-refractivity contribution is 7.81. The van der Waals surface area contributed by atoms with Gasteiger partial charge in [0.25, 0.3) is 5.91 Å². The monoisotopic (exact) mass is 413 g/mol. The fourth-order valence-corrected chi connectivity index (χ4v) is 4.01. The van der Waals surface area contributed by atoms with Crippen LogP contribution in [0, 0.1) is 0 Å². The highest BCUT2D eigenvalue weighted by Crippen LogP contribution is 2.31. The van der Waals surface area contributed by atoms with Crippen LogP contribution in [0.1, 0.15) is 30.4 Å². The maximum atomic E-state index is 13.2. The van der Waals surface area contributed by atoms with Crippen LogP contribution in [0.25, 0.3) is 0 Å². The van der Waals surface area contributed by atoms with Crippen LogP contribution in [0.15, 0.2) is 54.6 Å². The first-order chi connectivity index (χ1) is 13.9. The smallest absolute Gasteiger partial charge is 0.362 e. The Morgan fingerprint density at radius 1 is 1.03 bits per heavy atom. The summed E-state index contributed by atoms with van der Waals surface area (Å²) in [5.74, 6) is -1.96. The first kappa shape index (κ1) is 21.1. The third-order valence-electron chi connectivity index (χ3n) is 5.16. The largest absolute Gasteiger partial charge is 0.477 e. The summed E-state index contributed by atoms with van der Waals surface area (Å²) in [6.45, 7) is -0.548. The normalized spacial score (nSPS) is 20.1. The Balaban J connectivity index is 1.96. The highest BCUT2D eigenvalue weighted by Gasteiger charge is 2.46. The van der Waals surface area contributed by atoms with Crippen molar-refractivity contribution >= 4 is 36.1 Å². The molecule has 0 aliphatic carbocycles. The fourth-order valence-electron chi connectivity index (χ4n) is 3.74. The van der Waals surface area contributed by atoms with Gasteiger partial charge in [-0.2, -0.15) is 18.1 Å². The summed E-state index contributed by atoms with van der Waals surface area (Å²) in [4.78, 5) is 37.9. The molecule has 152 valence electrons. The number of aryl methyl sites for hydroxylation is 1. The molecule has 29 heavy (non-hydrogen) atoms. The molecule has 0 saturated carbocycles. The Bertz CT molecular complexity index is 903. The summed E-state index contributed by atoms with van der Waals surface area (Å²) >= 11 is 4.43. The summed E-state index contributed by atoms with van der Waals surface area (Å²) in [7, 11) is 0. The van der Waals surface area contributed by atoms with Crippen molar-refractivity contribution < 1.29 is 19.5 Å². The average molecular weight is 414 g/mol. The minimum absolute atomic E-state index is 0.206. The lowest BCUT2D eigenvalue weighted by molar-refractivity contribution is -0.149. The number of nitrogens with one attached hydrogen (secondary N) is 1. The lowest BCUT2D eigenvalue weighted by Crippen LogP contribution is -2.68. The van der Waals surface area contributed by atoms with E-state index in [1.807, 2.05) is 42.5 Å². The molecule has 0 saturated heterocycles. The maximum absolute atomic E-state index is 13.2. The topological polar surface area (TPSA) is 83.5 Å². The molecule has 1 heterocycles. The van der Waals surface area contributed by atoms with Crippen LogP contribution >= 0.6 is 12.6 Å². The number of carbonyl (C=O) groups is 3. The Morgan fingerprint density at radius 2 is 1.69 bits per heavy atom. The fraction of sp³-hybridized carbons (Fsp3) is 0.318. The molecule has 0 radical (unpaired) electrons. The summed E-state index contributed by atoms with van der Waals surface area (Å²) in [5.41, 5.74) is 5.08. The minimum Gasteiger partial charge on any atom is -0.477 e. The van der Waals surface area contributed by atoms with Gasteiger partial charge < -0.3 is 5.11 Å². The van der Waals surface area contributed by atoms with Crippen LogP contribution in [0.5, 0.6) is 0 Å². The van der Waals surface area contributed by atoms with Crippen molar-refractivity contribution in [3.05, 3.63) is 65.7 Å². The van der Waals surface area contributed by atoms with Gasteiger partial charge in [-0.3, -0.25) is 4.79 Å². The van der Waals surface area contributed by atoms with Gasteiger partial charge in [-0.1, -0.05) is 48.5 Å². The van der Waals surface area contributed by atoms with Gasteiger partial charge >= 0.3 is 11.9 Å². The maximum Gasteiger partial charge on any atom is 0.362 e. The van der Waals surface area contributed by atoms with Crippen molar-refractivity contribution in [2.45, 2.75) is 37.4 Å². The molecule has 2 N–H and O–H groups in total. The number of carboxylic acids is 1. The number of quaternary nitrogens is 1. The molecule has 2 aromatic rings.